The van der Waals surface area contributed by atoms with E-state index in [1.165, 1.54) is 23.2 Å². The first-order valence-electron chi connectivity index (χ1n) is 5.87. The zero-order valence-corrected chi connectivity index (χ0v) is 10.6. The largest absolute Gasteiger partial charge is 0.399 e. The molecule has 100 valence electrons. The van der Waals surface area contributed by atoms with Gasteiger partial charge in [0.25, 0.3) is 5.91 Å². The third-order valence-corrected chi connectivity index (χ3v) is 3.07. The third-order valence-electron chi connectivity index (χ3n) is 3.07. The van der Waals surface area contributed by atoms with Gasteiger partial charge in [-0.2, -0.15) is 0 Å². The van der Waals surface area contributed by atoms with Crippen LogP contribution in [-0.4, -0.2) is 25.0 Å². The van der Waals surface area contributed by atoms with Crippen LogP contribution < -0.4 is 11.4 Å². The Kier molecular flexibility index (Phi) is 2.60. The Morgan fingerprint density at radius 1 is 1.25 bits per heavy atom. The van der Waals surface area contributed by atoms with Crippen molar-refractivity contribution in [1.29, 1.82) is 0 Å². The summed E-state index contributed by atoms with van der Waals surface area (Å²) in [6.45, 7) is 0. The molecule has 0 unspecified atom stereocenters. The Hall–Kier alpha value is -2.96. The van der Waals surface area contributed by atoms with Gasteiger partial charge in [0.1, 0.15) is 5.69 Å². The first-order valence-corrected chi connectivity index (χ1v) is 5.87. The number of nitrogens with zero attached hydrogens (tertiary/aromatic N) is 4. The van der Waals surface area contributed by atoms with Crippen LogP contribution in [0.5, 0.6) is 0 Å². The zero-order valence-electron chi connectivity index (χ0n) is 10.6. The molecule has 2 heterocycles. The summed E-state index contributed by atoms with van der Waals surface area (Å²) in [5.74, 6) is -0.528. The number of aryl methyl sites for hydroxylation is 1. The van der Waals surface area contributed by atoms with Gasteiger partial charge in [0.2, 0.25) is 0 Å². The summed E-state index contributed by atoms with van der Waals surface area (Å²) in [7, 11) is 1.60. The fourth-order valence-corrected chi connectivity index (χ4v) is 2.08. The molecule has 0 amide bonds. The maximum atomic E-state index is 12.4. The second-order valence-electron chi connectivity index (χ2n) is 4.32. The molecule has 0 bridgehead atoms. The quantitative estimate of drug-likeness (QED) is 0.645. The predicted molar refractivity (Wildman–Crippen MR) is 73.4 cm³/mol. The van der Waals surface area contributed by atoms with Crippen molar-refractivity contribution in [1.82, 2.24) is 19.1 Å². The highest BCUT2D eigenvalue weighted by Gasteiger charge is 2.19. The second-order valence-corrected chi connectivity index (χ2v) is 4.32. The Morgan fingerprint density at radius 2 is 2.05 bits per heavy atom. The first-order chi connectivity index (χ1) is 9.59. The molecule has 2 N–H and O–H groups in total. The van der Waals surface area contributed by atoms with Crippen molar-refractivity contribution in [2.45, 2.75) is 0 Å². The van der Waals surface area contributed by atoms with E-state index in [1.54, 1.807) is 25.2 Å². The van der Waals surface area contributed by atoms with Crippen LogP contribution in [0.4, 0.5) is 5.69 Å². The van der Waals surface area contributed by atoms with E-state index in [4.69, 9.17) is 5.73 Å². The van der Waals surface area contributed by atoms with Crippen molar-refractivity contribution in [2.75, 3.05) is 5.73 Å². The van der Waals surface area contributed by atoms with E-state index in [-0.39, 0.29) is 5.69 Å². The minimum Gasteiger partial charge on any atom is -0.399 e. The van der Waals surface area contributed by atoms with Crippen LogP contribution in [0.3, 0.4) is 0 Å². The number of hydrogen-bond acceptors (Lipinski definition) is 5. The summed E-state index contributed by atoms with van der Waals surface area (Å²) in [6.07, 6.45) is 4.18. The molecule has 0 fully saturated rings. The van der Waals surface area contributed by atoms with Crippen molar-refractivity contribution in [3.63, 3.8) is 0 Å². The fraction of sp³-hybridized carbons (Fsp3) is 0.0769. The average Bonchev–Trinajstić information content (AvgIpc) is 2.71. The van der Waals surface area contributed by atoms with Crippen LogP contribution >= 0.6 is 0 Å². The maximum Gasteiger partial charge on any atom is 0.336 e. The molecule has 0 spiro atoms. The standard InChI is InChI=1S/C13H11N5O2/c1-17-10-3-2-8(14)6-11(10)18(13(17)20)12(19)9-7-15-4-5-16-9/h2-7H,14H2,1H3. The smallest absolute Gasteiger partial charge is 0.336 e. The van der Waals surface area contributed by atoms with E-state index in [2.05, 4.69) is 9.97 Å². The Morgan fingerprint density at radius 3 is 2.75 bits per heavy atom. The van der Waals surface area contributed by atoms with Crippen LogP contribution in [0.25, 0.3) is 11.0 Å². The van der Waals surface area contributed by atoms with Gasteiger partial charge >= 0.3 is 5.69 Å². The predicted octanol–water partition coefficient (Wildman–Crippen LogP) is 0.401. The molecule has 0 aliphatic carbocycles. The topological polar surface area (TPSA) is 95.8 Å². The third kappa shape index (κ3) is 1.68. The molecule has 0 aliphatic heterocycles. The number of benzene rings is 1. The van der Waals surface area contributed by atoms with Crippen molar-refractivity contribution < 1.29 is 4.79 Å². The van der Waals surface area contributed by atoms with Gasteiger partial charge in [-0.05, 0) is 18.2 Å². The number of anilines is 1. The zero-order chi connectivity index (χ0) is 14.3. The van der Waals surface area contributed by atoms with E-state index >= 15 is 0 Å². The molecule has 0 radical (unpaired) electrons. The molecule has 20 heavy (non-hydrogen) atoms. The number of carbonyl (C=O) groups excluding carboxylic acids is 1. The molecule has 3 rings (SSSR count). The molecule has 1 aromatic carbocycles. The van der Waals surface area contributed by atoms with E-state index in [9.17, 15) is 9.59 Å². The van der Waals surface area contributed by atoms with Crippen LogP contribution in [-0.2, 0) is 7.05 Å². The highest BCUT2D eigenvalue weighted by atomic mass is 16.2. The monoisotopic (exact) mass is 269 g/mol. The molecular formula is C13H11N5O2. The minimum atomic E-state index is -0.528. The Labute approximate surface area is 113 Å². The van der Waals surface area contributed by atoms with Crippen molar-refractivity contribution in [3.05, 3.63) is 53.0 Å². The normalized spacial score (nSPS) is 10.8. The molecular weight excluding hydrogens is 258 g/mol. The first kappa shape index (κ1) is 12.1. The number of rotatable bonds is 1. The number of imidazole rings is 1. The number of hydrogen-bond donors (Lipinski definition) is 1. The van der Waals surface area contributed by atoms with Crippen LogP contribution in [0.15, 0.2) is 41.6 Å². The summed E-state index contributed by atoms with van der Waals surface area (Å²) in [5.41, 5.74) is 6.94. The SMILES string of the molecule is Cn1c(=O)n(C(=O)c2cnccn2)c2cc(N)ccc21. The lowest BCUT2D eigenvalue weighted by Gasteiger charge is -2.01. The molecule has 0 atom stereocenters. The summed E-state index contributed by atoms with van der Waals surface area (Å²) < 4.78 is 2.44. The van der Waals surface area contributed by atoms with Gasteiger partial charge in [-0.15, -0.1) is 0 Å². The van der Waals surface area contributed by atoms with E-state index in [1.807, 2.05) is 0 Å². The molecule has 0 saturated heterocycles. The van der Waals surface area contributed by atoms with Gasteiger partial charge in [-0.25, -0.2) is 14.3 Å². The number of nitrogen functional groups attached to an aromatic ring is 1. The summed E-state index contributed by atoms with van der Waals surface area (Å²) in [4.78, 5) is 32.4. The minimum absolute atomic E-state index is 0.101. The van der Waals surface area contributed by atoms with E-state index in [0.29, 0.717) is 16.7 Å². The number of fused-ring (bicyclic) bond motifs is 1. The van der Waals surface area contributed by atoms with Crippen molar-refractivity contribution in [3.8, 4) is 0 Å². The van der Waals surface area contributed by atoms with Gasteiger partial charge in [0.15, 0.2) is 0 Å². The van der Waals surface area contributed by atoms with E-state index in [0.717, 1.165) is 4.57 Å². The molecule has 0 saturated carbocycles. The number of aromatic nitrogens is 4. The van der Waals surface area contributed by atoms with Crippen LogP contribution in [0.2, 0.25) is 0 Å². The van der Waals surface area contributed by atoms with Gasteiger partial charge in [0, 0.05) is 25.1 Å². The molecule has 7 nitrogen and oxygen atoms in total. The second kappa shape index (κ2) is 4.30. The Bertz CT molecular complexity index is 864. The van der Waals surface area contributed by atoms with Crippen LogP contribution in [0.1, 0.15) is 10.5 Å². The highest BCUT2D eigenvalue weighted by Crippen LogP contribution is 2.16. The lowest BCUT2D eigenvalue weighted by atomic mass is 10.2. The molecule has 2 aromatic heterocycles. The Balaban J connectivity index is 2.32. The summed E-state index contributed by atoms with van der Waals surface area (Å²) in [6, 6.07) is 4.97. The number of carbonyl (C=O) groups is 1. The van der Waals surface area contributed by atoms with Crippen molar-refractivity contribution in [2.24, 2.45) is 7.05 Å². The van der Waals surface area contributed by atoms with Gasteiger partial charge in [0.05, 0.1) is 17.2 Å². The molecule has 0 aliphatic rings. The lowest BCUT2D eigenvalue weighted by molar-refractivity contribution is 0.0955. The molecule has 7 heteroatoms. The maximum absolute atomic E-state index is 12.4. The van der Waals surface area contributed by atoms with Gasteiger partial charge < -0.3 is 5.73 Å². The van der Waals surface area contributed by atoms with Gasteiger partial charge in [-0.3, -0.25) is 14.3 Å². The summed E-state index contributed by atoms with van der Waals surface area (Å²) >= 11 is 0. The van der Waals surface area contributed by atoms with Crippen LogP contribution in [0, 0.1) is 0 Å². The fourth-order valence-electron chi connectivity index (χ4n) is 2.08. The lowest BCUT2D eigenvalue weighted by Crippen LogP contribution is -2.28. The van der Waals surface area contributed by atoms with Crippen molar-refractivity contribution >= 4 is 22.6 Å². The van der Waals surface area contributed by atoms with Gasteiger partial charge in [-0.1, -0.05) is 0 Å². The molecule has 3 aromatic rings. The number of nitrogens with two attached hydrogens (primary N) is 1. The highest BCUT2D eigenvalue weighted by molar-refractivity contribution is 6.00. The van der Waals surface area contributed by atoms with E-state index < -0.39 is 11.6 Å². The average molecular weight is 269 g/mol. The summed E-state index contributed by atoms with van der Waals surface area (Å²) in [5, 5.41) is 0.